The van der Waals surface area contributed by atoms with E-state index in [1.54, 1.807) is 36.1 Å². The fourth-order valence-electron chi connectivity index (χ4n) is 2.14. The summed E-state index contributed by atoms with van der Waals surface area (Å²) in [5.41, 5.74) is 0.394. The van der Waals surface area contributed by atoms with Gasteiger partial charge in [-0.3, -0.25) is 0 Å². The zero-order chi connectivity index (χ0) is 15.5. The molecule has 0 saturated heterocycles. The molecule has 0 fully saturated rings. The third-order valence-electron chi connectivity index (χ3n) is 2.98. The van der Waals surface area contributed by atoms with Crippen molar-refractivity contribution in [2.75, 3.05) is 6.54 Å². The van der Waals surface area contributed by atoms with Gasteiger partial charge in [0.15, 0.2) is 0 Å². The summed E-state index contributed by atoms with van der Waals surface area (Å²) in [6.07, 6.45) is -1.38. The molecule has 0 spiro atoms. The van der Waals surface area contributed by atoms with Gasteiger partial charge in [0, 0.05) is 25.0 Å². The summed E-state index contributed by atoms with van der Waals surface area (Å²) in [5.74, 6) is 0.397. The van der Waals surface area contributed by atoms with E-state index in [9.17, 15) is 13.2 Å². The molecular weight excluding hydrogens is 283 g/mol. The summed E-state index contributed by atoms with van der Waals surface area (Å²) in [6, 6.07) is 5.60. The third kappa shape index (κ3) is 3.75. The lowest BCUT2D eigenvalue weighted by atomic mass is 10.0. The summed E-state index contributed by atoms with van der Waals surface area (Å²) in [7, 11) is 1.79. The SMILES string of the molecule is CCNC(c1ccccc1OC(F)(F)F)c1nccn1C. The Morgan fingerprint density at radius 1 is 1.33 bits per heavy atom. The molecule has 0 aliphatic rings. The fraction of sp³-hybridized carbons (Fsp3) is 0.357. The van der Waals surface area contributed by atoms with Crippen LogP contribution in [0.4, 0.5) is 13.2 Å². The summed E-state index contributed by atoms with van der Waals surface area (Å²) in [4.78, 5) is 4.21. The van der Waals surface area contributed by atoms with Crippen molar-refractivity contribution in [3.05, 3.63) is 48.0 Å². The Hall–Kier alpha value is -2.02. The summed E-state index contributed by atoms with van der Waals surface area (Å²) in [5, 5.41) is 3.14. The van der Waals surface area contributed by atoms with E-state index in [0.717, 1.165) is 0 Å². The second-order valence-electron chi connectivity index (χ2n) is 4.47. The average molecular weight is 299 g/mol. The maximum Gasteiger partial charge on any atom is 0.573 e. The molecule has 1 aromatic heterocycles. The molecule has 1 aromatic carbocycles. The van der Waals surface area contributed by atoms with E-state index in [0.29, 0.717) is 17.9 Å². The minimum atomic E-state index is -4.73. The molecule has 0 aliphatic heterocycles. The second kappa shape index (κ2) is 6.17. The van der Waals surface area contributed by atoms with Gasteiger partial charge in [-0.05, 0) is 12.6 Å². The van der Waals surface area contributed by atoms with E-state index in [1.807, 2.05) is 6.92 Å². The Labute approximate surface area is 120 Å². The zero-order valence-electron chi connectivity index (χ0n) is 11.7. The van der Waals surface area contributed by atoms with Crippen molar-refractivity contribution in [1.82, 2.24) is 14.9 Å². The van der Waals surface area contributed by atoms with Gasteiger partial charge in [0.1, 0.15) is 11.6 Å². The highest BCUT2D eigenvalue weighted by molar-refractivity contribution is 5.39. The molecule has 1 unspecified atom stereocenters. The number of imidazole rings is 1. The number of nitrogens with one attached hydrogen (secondary N) is 1. The predicted octanol–water partition coefficient (Wildman–Crippen LogP) is 3.02. The molecule has 2 rings (SSSR count). The largest absolute Gasteiger partial charge is 0.573 e. The molecule has 1 atom stereocenters. The molecule has 0 amide bonds. The van der Waals surface area contributed by atoms with Gasteiger partial charge in [-0.1, -0.05) is 25.1 Å². The summed E-state index contributed by atoms with van der Waals surface area (Å²) < 4.78 is 43.5. The van der Waals surface area contributed by atoms with Crippen molar-refractivity contribution < 1.29 is 17.9 Å². The topological polar surface area (TPSA) is 39.1 Å². The lowest BCUT2D eigenvalue weighted by molar-refractivity contribution is -0.275. The predicted molar refractivity (Wildman–Crippen MR) is 71.9 cm³/mol. The van der Waals surface area contributed by atoms with Crippen LogP contribution in [-0.2, 0) is 7.05 Å². The van der Waals surface area contributed by atoms with Gasteiger partial charge in [-0.15, -0.1) is 13.2 Å². The maximum absolute atomic E-state index is 12.5. The Morgan fingerprint density at radius 2 is 2.05 bits per heavy atom. The minimum Gasteiger partial charge on any atom is -0.405 e. The number of alkyl halides is 3. The number of para-hydroxylation sites is 1. The molecular formula is C14H16F3N3O. The molecule has 2 aromatic rings. The van der Waals surface area contributed by atoms with Crippen LogP contribution in [-0.4, -0.2) is 22.5 Å². The zero-order valence-corrected chi connectivity index (χ0v) is 11.7. The molecule has 21 heavy (non-hydrogen) atoms. The van der Waals surface area contributed by atoms with E-state index in [1.165, 1.54) is 12.1 Å². The second-order valence-corrected chi connectivity index (χ2v) is 4.47. The molecule has 4 nitrogen and oxygen atoms in total. The highest BCUT2D eigenvalue weighted by Crippen LogP contribution is 2.32. The van der Waals surface area contributed by atoms with Gasteiger partial charge in [-0.25, -0.2) is 4.98 Å². The average Bonchev–Trinajstić information content (AvgIpc) is 2.81. The molecule has 0 radical (unpaired) electrons. The Morgan fingerprint density at radius 3 is 2.62 bits per heavy atom. The van der Waals surface area contributed by atoms with Gasteiger partial charge >= 0.3 is 6.36 Å². The number of halogens is 3. The van der Waals surface area contributed by atoms with Crippen LogP contribution in [0, 0.1) is 0 Å². The van der Waals surface area contributed by atoms with Crippen molar-refractivity contribution in [2.45, 2.75) is 19.3 Å². The monoisotopic (exact) mass is 299 g/mol. The number of benzene rings is 1. The minimum absolute atomic E-state index is 0.223. The fourth-order valence-corrected chi connectivity index (χ4v) is 2.14. The van der Waals surface area contributed by atoms with Gasteiger partial charge in [0.05, 0.1) is 6.04 Å². The van der Waals surface area contributed by atoms with E-state index in [2.05, 4.69) is 15.0 Å². The van der Waals surface area contributed by atoms with Crippen LogP contribution in [0.5, 0.6) is 5.75 Å². The number of aryl methyl sites for hydroxylation is 1. The molecule has 114 valence electrons. The van der Waals surface area contributed by atoms with Crippen molar-refractivity contribution in [3.63, 3.8) is 0 Å². The van der Waals surface area contributed by atoms with Gasteiger partial charge < -0.3 is 14.6 Å². The molecule has 0 bridgehead atoms. The first-order valence-electron chi connectivity index (χ1n) is 6.47. The van der Waals surface area contributed by atoms with Crippen LogP contribution in [0.2, 0.25) is 0 Å². The van der Waals surface area contributed by atoms with Gasteiger partial charge in [-0.2, -0.15) is 0 Å². The number of ether oxygens (including phenoxy) is 1. The Kier molecular flexibility index (Phi) is 4.52. The molecule has 1 N–H and O–H groups in total. The molecule has 7 heteroatoms. The van der Waals surface area contributed by atoms with Crippen LogP contribution >= 0.6 is 0 Å². The Balaban J connectivity index is 2.44. The highest BCUT2D eigenvalue weighted by Gasteiger charge is 2.33. The van der Waals surface area contributed by atoms with Crippen LogP contribution in [0.15, 0.2) is 36.7 Å². The van der Waals surface area contributed by atoms with E-state index < -0.39 is 12.4 Å². The number of nitrogens with zero attached hydrogens (tertiary/aromatic N) is 2. The quantitative estimate of drug-likeness (QED) is 0.922. The number of hydrogen-bond donors (Lipinski definition) is 1. The number of hydrogen-bond acceptors (Lipinski definition) is 3. The lowest BCUT2D eigenvalue weighted by Crippen LogP contribution is -2.26. The standard InChI is InChI=1S/C14H16F3N3O/c1-3-18-12(13-19-8-9-20(13)2)10-6-4-5-7-11(10)21-14(15,16)17/h4-9,12,18H,3H2,1-2H3. The van der Waals surface area contributed by atoms with Crippen molar-refractivity contribution in [2.24, 2.45) is 7.05 Å². The van der Waals surface area contributed by atoms with Gasteiger partial charge in [0.2, 0.25) is 0 Å². The van der Waals surface area contributed by atoms with Crippen LogP contribution < -0.4 is 10.1 Å². The van der Waals surface area contributed by atoms with Crippen LogP contribution in [0.25, 0.3) is 0 Å². The van der Waals surface area contributed by atoms with Gasteiger partial charge in [0.25, 0.3) is 0 Å². The first kappa shape index (κ1) is 15.4. The van der Waals surface area contributed by atoms with Crippen LogP contribution in [0.1, 0.15) is 24.4 Å². The maximum atomic E-state index is 12.5. The summed E-state index contributed by atoms with van der Waals surface area (Å²) in [6.45, 7) is 2.46. The molecule has 1 heterocycles. The molecule has 0 saturated carbocycles. The smallest absolute Gasteiger partial charge is 0.405 e. The molecule has 0 aliphatic carbocycles. The van der Waals surface area contributed by atoms with Crippen molar-refractivity contribution in [1.29, 1.82) is 0 Å². The lowest BCUT2D eigenvalue weighted by Gasteiger charge is -2.21. The van der Waals surface area contributed by atoms with E-state index in [4.69, 9.17) is 0 Å². The van der Waals surface area contributed by atoms with E-state index in [-0.39, 0.29) is 5.75 Å². The Bertz CT molecular complexity index is 595. The summed E-state index contributed by atoms with van der Waals surface area (Å²) >= 11 is 0. The number of rotatable bonds is 5. The van der Waals surface area contributed by atoms with E-state index >= 15 is 0 Å². The first-order valence-corrected chi connectivity index (χ1v) is 6.47. The first-order chi connectivity index (χ1) is 9.92. The highest BCUT2D eigenvalue weighted by atomic mass is 19.4. The van der Waals surface area contributed by atoms with Crippen LogP contribution in [0.3, 0.4) is 0 Å². The van der Waals surface area contributed by atoms with Crippen molar-refractivity contribution >= 4 is 0 Å². The third-order valence-corrected chi connectivity index (χ3v) is 2.98. The normalized spacial score (nSPS) is 13.2. The van der Waals surface area contributed by atoms with Crippen molar-refractivity contribution in [3.8, 4) is 5.75 Å². The number of aromatic nitrogens is 2.